The van der Waals surface area contributed by atoms with Crippen molar-refractivity contribution in [1.82, 2.24) is 10.2 Å². The van der Waals surface area contributed by atoms with Gasteiger partial charge in [-0.15, -0.1) is 0 Å². The highest BCUT2D eigenvalue weighted by Gasteiger charge is 2.29. The molecule has 0 saturated carbocycles. The first-order valence-electron chi connectivity index (χ1n) is 11.4. The van der Waals surface area contributed by atoms with E-state index >= 15 is 0 Å². The van der Waals surface area contributed by atoms with Gasteiger partial charge < -0.3 is 5.32 Å². The SMILES string of the molecule is O=C(CN(c1cc(Cl)ccc1Cl)S(=O)(=O)c1ccccc1)NCc1ccc(CN2CCCC2)cc1. The molecule has 1 heterocycles. The second kappa shape index (κ2) is 11.4. The Labute approximate surface area is 216 Å². The van der Waals surface area contributed by atoms with Gasteiger partial charge in [-0.25, -0.2) is 8.42 Å². The number of amides is 1. The van der Waals surface area contributed by atoms with Crippen LogP contribution in [0.15, 0.2) is 77.7 Å². The van der Waals surface area contributed by atoms with Crippen LogP contribution in [0.3, 0.4) is 0 Å². The summed E-state index contributed by atoms with van der Waals surface area (Å²) >= 11 is 12.4. The first kappa shape index (κ1) is 25.5. The normalized spacial score (nSPS) is 14.1. The van der Waals surface area contributed by atoms with Crippen molar-refractivity contribution >= 4 is 44.8 Å². The number of sulfonamides is 1. The fraction of sp³-hybridized carbons (Fsp3) is 0.269. The molecule has 1 aliphatic heterocycles. The van der Waals surface area contributed by atoms with Gasteiger partial charge in [0.2, 0.25) is 5.91 Å². The highest BCUT2D eigenvalue weighted by molar-refractivity contribution is 7.92. The quantitative estimate of drug-likeness (QED) is 0.417. The fourth-order valence-corrected chi connectivity index (χ4v) is 5.93. The number of hydrogen-bond donors (Lipinski definition) is 1. The average molecular weight is 532 g/mol. The van der Waals surface area contributed by atoms with Crippen molar-refractivity contribution in [3.05, 3.63) is 94.0 Å². The Morgan fingerprint density at radius 3 is 2.26 bits per heavy atom. The molecule has 1 N–H and O–H groups in total. The van der Waals surface area contributed by atoms with E-state index in [1.807, 2.05) is 12.1 Å². The molecule has 4 rings (SSSR count). The van der Waals surface area contributed by atoms with Crippen LogP contribution in [0.4, 0.5) is 5.69 Å². The van der Waals surface area contributed by atoms with Gasteiger partial charge in [0.1, 0.15) is 6.54 Å². The van der Waals surface area contributed by atoms with E-state index < -0.39 is 22.5 Å². The van der Waals surface area contributed by atoms with Gasteiger partial charge in [0, 0.05) is 18.1 Å². The van der Waals surface area contributed by atoms with E-state index in [1.165, 1.54) is 42.7 Å². The van der Waals surface area contributed by atoms with Crippen LogP contribution in [0.1, 0.15) is 24.0 Å². The van der Waals surface area contributed by atoms with Crippen LogP contribution < -0.4 is 9.62 Å². The van der Waals surface area contributed by atoms with E-state index in [0.717, 1.165) is 29.5 Å². The predicted molar refractivity (Wildman–Crippen MR) is 140 cm³/mol. The molecule has 0 atom stereocenters. The van der Waals surface area contributed by atoms with E-state index in [1.54, 1.807) is 24.3 Å². The van der Waals surface area contributed by atoms with Crippen LogP contribution in [0.5, 0.6) is 0 Å². The van der Waals surface area contributed by atoms with Gasteiger partial charge in [-0.05, 0) is 67.4 Å². The van der Waals surface area contributed by atoms with Crippen molar-refractivity contribution < 1.29 is 13.2 Å². The number of hydrogen-bond acceptors (Lipinski definition) is 4. The predicted octanol–water partition coefficient (Wildman–Crippen LogP) is 5.10. The van der Waals surface area contributed by atoms with Crippen LogP contribution in [0.25, 0.3) is 0 Å². The molecule has 3 aromatic rings. The number of carbonyl (C=O) groups is 1. The highest BCUT2D eigenvalue weighted by atomic mass is 35.5. The lowest BCUT2D eigenvalue weighted by Crippen LogP contribution is -2.40. The Morgan fingerprint density at radius 1 is 0.914 bits per heavy atom. The number of rotatable bonds is 9. The Hall–Kier alpha value is -2.58. The Morgan fingerprint density at radius 2 is 1.57 bits per heavy atom. The van der Waals surface area contributed by atoms with Crippen molar-refractivity contribution in [2.24, 2.45) is 0 Å². The molecule has 9 heteroatoms. The number of likely N-dealkylation sites (tertiary alicyclic amines) is 1. The van der Waals surface area contributed by atoms with Crippen molar-refractivity contribution in [1.29, 1.82) is 0 Å². The lowest BCUT2D eigenvalue weighted by Gasteiger charge is -2.25. The topological polar surface area (TPSA) is 69.7 Å². The molecule has 6 nitrogen and oxygen atoms in total. The maximum Gasteiger partial charge on any atom is 0.264 e. The van der Waals surface area contributed by atoms with Crippen LogP contribution in [-0.2, 0) is 27.9 Å². The number of carbonyl (C=O) groups excluding carboxylic acids is 1. The summed E-state index contributed by atoms with van der Waals surface area (Å²) in [5.74, 6) is -0.457. The first-order chi connectivity index (χ1) is 16.8. The maximum atomic E-state index is 13.4. The summed E-state index contributed by atoms with van der Waals surface area (Å²) in [7, 11) is -4.06. The third-order valence-electron chi connectivity index (χ3n) is 5.91. The van der Waals surface area contributed by atoms with E-state index in [9.17, 15) is 13.2 Å². The molecule has 0 spiro atoms. The minimum atomic E-state index is -4.06. The van der Waals surface area contributed by atoms with Crippen molar-refractivity contribution in [2.45, 2.75) is 30.8 Å². The number of nitrogens with zero attached hydrogens (tertiary/aromatic N) is 2. The van der Waals surface area contributed by atoms with Crippen molar-refractivity contribution in [3.63, 3.8) is 0 Å². The van der Waals surface area contributed by atoms with E-state index in [-0.39, 0.29) is 22.2 Å². The van der Waals surface area contributed by atoms with Gasteiger partial charge in [0.15, 0.2) is 0 Å². The Kier molecular flexibility index (Phi) is 8.34. The average Bonchev–Trinajstić information content (AvgIpc) is 3.37. The lowest BCUT2D eigenvalue weighted by atomic mass is 10.1. The molecule has 0 aliphatic carbocycles. The molecule has 35 heavy (non-hydrogen) atoms. The first-order valence-corrected chi connectivity index (χ1v) is 13.6. The van der Waals surface area contributed by atoms with Gasteiger partial charge in [0.05, 0.1) is 15.6 Å². The monoisotopic (exact) mass is 531 g/mol. The molecule has 0 unspecified atom stereocenters. The van der Waals surface area contributed by atoms with Crippen LogP contribution in [-0.4, -0.2) is 38.9 Å². The molecule has 184 valence electrons. The van der Waals surface area contributed by atoms with E-state index in [2.05, 4.69) is 22.3 Å². The zero-order valence-electron chi connectivity index (χ0n) is 19.2. The van der Waals surface area contributed by atoms with Gasteiger partial charge in [0.25, 0.3) is 10.0 Å². The molecule has 0 bridgehead atoms. The smallest absolute Gasteiger partial charge is 0.264 e. The minimum absolute atomic E-state index is 0.0532. The Bertz CT molecular complexity index is 1260. The Balaban J connectivity index is 1.47. The van der Waals surface area contributed by atoms with Crippen LogP contribution in [0.2, 0.25) is 10.0 Å². The molecule has 1 fully saturated rings. The summed E-state index contributed by atoms with van der Waals surface area (Å²) < 4.78 is 27.8. The third-order valence-corrected chi connectivity index (χ3v) is 8.24. The molecule has 0 radical (unpaired) electrons. The van der Waals surface area contributed by atoms with Gasteiger partial charge in [-0.2, -0.15) is 0 Å². The van der Waals surface area contributed by atoms with Gasteiger partial charge >= 0.3 is 0 Å². The largest absolute Gasteiger partial charge is 0.350 e. The number of anilines is 1. The zero-order chi connectivity index (χ0) is 24.8. The highest BCUT2D eigenvalue weighted by Crippen LogP contribution is 2.32. The molecule has 1 amide bonds. The van der Waals surface area contributed by atoms with Crippen molar-refractivity contribution in [2.75, 3.05) is 23.9 Å². The van der Waals surface area contributed by atoms with Crippen LogP contribution in [0, 0.1) is 0 Å². The summed E-state index contributed by atoms with van der Waals surface area (Å²) in [4.78, 5) is 15.4. The summed E-state index contributed by atoms with van der Waals surface area (Å²) in [6.45, 7) is 3.04. The number of benzene rings is 3. The number of nitrogens with one attached hydrogen (secondary N) is 1. The maximum absolute atomic E-state index is 13.4. The zero-order valence-corrected chi connectivity index (χ0v) is 21.5. The summed E-state index contributed by atoms with van der Waals surface area (Å²) in [5.41, 5.74) is 2.31. The van der Waals surface area contributed by atoms with Gasteiger partial charge in [-0.3, -0.25) is 14.0 Å². The summed E-state index contributed by atoms with van der Waals surface area (Å²) in [6, 6.07) is 20.5. The molecule has 1 saturated heterocycles. The molecule has 3 aromatic carbocycles. The molecule has 1 aliphatic rings. The van der Waals surface area contributed by atoms with E-state index in [0.29, 0.717) is 5.02 Å². The van der Waals surface area contributed by atoms with Gasteiger partial charge in [-0.1, -0.05) is 65.7 Å². The molecular formula is C26H27Cl2N3O3S. The molecule has 0 aromatic heterocycles. The summed E-state index contributed by atoms with van der Waals surface area (Å²) in [6.07, 6.45) is 2.50. The van der Waals surface area contributed by atoms with Crippen molar-refractivity contribution in [3.8, 4) is 0 Å². The number of halogens is 2. The lowest BCUT2D eigenvalue weighted by molar-refractivity contribution is -0.119. The van der Waals surface area contributed by atoms with E-state index in [4.69, 9.17) is 23.2 Å². The fourth-order valence-electron chi connectivity index (χ4n) is 4.04. The minimum Gasteiger partial charge on any atom is -0.350 e. The standard InChI is InChI=1S/C26H27Cl2N3O3S/c27-22-12-13-24(28)25(16-22)31(35(33,34)23-6-2-1-3-7-23)19-26(32)29-17-20-8-10-21(11-9-20)18-30-14-4-5-15-30/h1-3,6-13,16H,4-5,14-15,17-19H2,(H,29,32). The second-order valence-electron chi connectivity index (χ2n) is 8.50. The van der Waals surface area contributed by atoms with Crippen LogP contribution >= 0.6 is 23.2 Å². The second-order valence-corrected chi connectivity index (χ2v) is 11.2. The third kappa shape index (κ3) is 6.55. The molecular weight excluding hydrogens is 505 g/mol. The summed E-state index contributed by atoms with van der Waals surface area (Å²) in [5, 5.41) is 3.31.